The Morgan fingerprint density at radius 3 is 2.32 bits per heavy atom. The molecular formula is C17H17NO. The van der Waals surface area contributed by atoms with Crippen LogP contribution in [0.25, 0.3) is 0 Å². The van der Waals surface area contributed by atoms with E-state index < -0.39 is 0 Å². The van der Waals surface area contributed by atoms with Crippen LogP contribution in [0.1, 0.15) is 12.5 Å². The first-order valence-electron chi connectivity index (χ1n) is 6.25. The quantitative estimate of drug-likeness (QED) is 0.842. The molecule has 2 aromatic rings. The number of anilines is 1. The maximum atomic E-state index is 5.12. The van der Waals surface area contributed by atoms with Crippen LogP contribution in [-0.4, -0.2) is 13.2 Å². The lowest BCUT2D eigenvalue weighted by molar-refractivity contribution is 0.415. The SMILES string of the molecule is COc1ccc(N[C@H](C)C#Cc2ccccc2)cc1. The summed E-state index contributed by atoms with van der Waals surface area (Å²) in [6.07, 6.45) is 0. The van der Waals surface area contributed by atoms with E-state index in [0.29, 0.717) is 0 Å². The molecule has 0 aliphatic rings. The summed E-state index contributed by atoms with van der Waals surface area (Å²) in [5, 5.41) is 3.33. The molecule has 19 heavy (non-hydrogen) atoms. The van der Waals surface area contributed by atoms with Crippen molar-refractivity contribution in [1.29, 1.82) is 0 Å². The normalized spacial score (nSPS) is 11.1. The standard InChI is InChI=1S/C17H17NO/c1-14(8-9-15-6-4-3-5-7-15)18-16-10-12-17(19-2)13-11-16/h3-7,10-14,18H,1-2H3/t14-/m1/s1. The molecule has 2 heteroatoms. The zero-order valence-electron chi connectivity index (χ0n) is 11.2. The smallest absolute Gasteiger partial charge is 0.119 e. The molecule has 0 radical (unpaired) electrons. The predicted molar refractivity (Wildman–Crippen MR) is 79.4 cm³/mol. The van der Waals surface area contributed by atoms with Crippen molar-refractivity contribution in [3.8, 4) is 17.6 Å². The van der Waals surface area contributed by atoms with Crippen molar-refractivity contribution in [3.05, 3.63) is 60.2 Å². The molecule has 0 spiro atoms. The molecule has 0 unspecified atom stereocenters. The Morgan fingerprint density at radius 2 is 1.68 bits per heavy atom. The van der Waals surface area contributed by atoms with Crippen LogP contribution < -0.4 is 10.1 Å². The second-order valence-corrected chi connectivity index (χ2v) is 4.23. The van der Waals surface area contributed by atoms with E-state index >= 15 is 0 Å². The second kappa shape index (κ2) is 6.51. The lowest BCUT2D eigenvalue weighted by Crippen LogP contribution is -2.12. The highest BCUT2D eigenvalue weighted by Gasteiger charge is 1.98. The summed E-state index contributed by atoms with van der Waals surface area (Å²) in [5.74, 6) is 7.19. The maximum Gasteiger partial charge on any atom is 0.119 e. The van der Waals surface area contributed by atoms with Gasteiger partial charge in [-0.3, -0.25) is 0 Å². The van der Waals surface area contributed by atoms with Crippen molar-refractivity contribution in [2.45, 2.75) is 13.0 Å². The highest BCUT2D eigenvalue weighted by atomic mass is 16.5. The Labute approximate surface area is 114 Å². The summed E-state index contributed by atoms with van der Waals surface area (Å²) in [4.78, 5) is 0. The third kappa shape index (κ3) is 4.08. The Hall–Kier alpha value is -2.40. The van der Waals surface area contributed by atoms with Crippen LogP contribution in [0.5, 0.6) is 5.75 Å². The Morgan fingerprint density at radius 1 is 1.00 bits per heavy atom. The minimum Gasteiger partial charge on any atom is -0.497 e. The fraction of sp³-hybridized carbons (Fsp3) is 0.176. The van der Waals surface area contributed by atoms with E-state index in [-0.39, 0.29) is 6.04 Å². The fourth-order valence-electron chi connectivity index (χ4n) is 1.69. The first-order valence-corrected chi connectivity index (χ1v) is 6.25. The van der Waals surface area contributed by atoms with Gasteiger partial charge in [0.2, 0.25) is 0 Å². The third-order valence-electron chi connectivity index (χ3n) is 2.68. The summed E-state index contributed by atoms with van der Waals surface area (Å²) >= 11 is 0. The van der Waals surface area contributed by atoms with Crippen LogP contribution in [0.2, 0.25) is 0 Å². The number of hydrogen-bond donors (Lipinski definition) is 1. The molecule has 0 aliphatic carbocycles. The minimum absolute atomic E-state index is 0.0913. The lowest BCUT2D eigenvalue weighted by Gasteiger charge is -2.09. The number of rotatable bonds is 3. The van der Waals surface area contributed by atoms with Crippen LogP contribution in [0.4, 0.5) is 5.69 Å². The first-order chi connectivity index (χ1) is 9.28. The Balaban J connectivity index is 1.97. The van der Waals surface area contributed by atoms with Crippen LogP contribution in [-0.2, 0) is 0 Å². The summed E-state index contributed by atoms with van der Waals surface area (Å²) in [6.45, 7) is 2.04. The van der Waals surface area contributed by atoms with E-state index in [1.54, 1.807) is 7.11 Å². The first kappa shape index (κ1) is 13.0. The topological polar surface area (TPSA) is 21.3 Å². The van der Waals surface area contributed by atoms with Crippen LogP contribution in [0, 0.1) is 11.8 Å². The highest BCUT2D eigenvalue weighted by molar-refractivity contribution is 5.49. The molecule has 1 atom stereocenters. The summed E-state index contributed by atoms with van der Waals surface area (Å²) in [7, 11) is 1.66. The predicted octanol–water partition coefficient (Wildman–Crippen LogP) is 3.55. The lowest BCUT2D eigenvalue weighted by atomic mass is 10.2. The summed E-state index contributed by atoms with van der Waals surface area (Å²) in [5.41, 5.74) is 2.07. The van der Waals surface area contributed by atoms with Crippen molar-refractivity contribution < 1.29 is 4.74 Å². The van der Waals surface area contributed by atoms with Gasteiger partial charge in [0.25, 0.3) is 0 Å². The van der Waals surface area contributed by atoms with E-state index in [2.05, 4.69) is 17.2 Å². The molecule has 96 valence electrons. The largest absolute Gasteiger partial charge is 0.497 e. The third-order valence-corrected chi connectivity index (χ3v) is 2.68. The summed E-state index contributed by atoms with van der Waals surface area (Å²) < 4.78 is 5.12. The van der Waals surface area contributed by atoms with Gasteiger partial charge in [-0.2, -0.15) is 0 Å². The van der Waals surface area contributed by atoms with Gasteiger partial charge in [-0.1, -0.05) is 30.0 Å². The molecule has 2 rings (SSSR count). The van der Waals surface area contributed by atoms with Crippen molar-refractivity contribution in [2.24, 2.45) is 0 Å². The van der Waals surface area contributed by atoms with E-state index in [1.165, 1.54) is 0 Å². The number of benzene rings is 2. The van der Waals surface area contributed by atoms with Gasteiger partial charge < -0.3 is 10.1 Å². The molecule has 0 fully saturated rings. The Kier molecular flexibility index (Phi) is 4.47. The number of hydrogen-bond acceptors (Lipinski definition) is 2. The molecule has 0 heterocycles. The molecule has 2 nitrogen and oxygen atoms in total. The molecule has 0 aliphatic heterocycles. The Bertz CT molecular complexity index is 564. The van der Waals surface area contributed by atoms with E-state index in [1.807, 2.05) is 61.5 Å². The van der Waals surface area contributed by atoms with Crippen LogP contribution >= 0.6 is 0 Å². The van der Waals surface area contributed by atoms with Gasteiger partial charge in [0, 0.05) is 11.3 Å². The molecule has 0 saturated carbocycles. The average Bonchev–Trinajstić information content (AvgIpc) is 2.47. The van der Waals surface area contributed by atoms with Gasteiger partial charge in [0.05, 0.1) is 13.2 Å². The highest BCUT2D eigenvalue weighted by Crippen LogP contribution is 2.15. The zero-order valence-corrected chi connectivity index (χ0v) is 11.2. The van der Waals surface area contributed by atoms with Crippen molar-refractivity contribution in [3.63, 3.8) is 0 Å². The molecular weight excluding hydrogens is 234 g/mol. The van der Waals surface area contributed by atoms with Crippen LogP contribution in [0.3, 0.4) is 0 Å². The second-order valence-electron chi connectivity index (χ2n) is 4.23. The van der Waals surface area contributed by atoms with Gasteiger partial charge in [-0.05, 0) is 43.3 Å². The molecule has 1 N–H and O–H groups in total. The maximum absolute atomic E-state index is 5.12. The van der Waals surface area contributed by atoms with Crippen molar-refractivity contribution in [1.82, 2.24) is 0 Å². The molecule has 0 amide bonds. The zero-order chi connectivity index (χ0) is 13.5. The monoisotopic (exact) mass is 251 g/mol. The van der Waals surface area contributed by atoms with Gasteiger partial charge >= 0.3 is 0 Å². The van der Waals surface area contributed by atoms with Gasteiger partial charge in [0.15, 0.2) is 0 Å². The molecule has 2 aromatic carbocycles. The van der Waals surface area contributed by atoms with Crippen molar-refractivity contribution in [2.75, 3.05) is 12.4 Å². The van der Waals surface area contributed by atoms with E-state index in [9.17, 15) is 0 Å². The molecule has 0 aromatic heterocycles. The van der Waals surface area contributed by atoms with Gasteiger partial charge in [-0.15, -0.1) is 0 Å². The van der Waals surface area contributed by atoms with Gasteiger partial charge in [0.1, 0.15) is 5.75 Å². The molecule has 0 saturated heterocycles. The summed E-state index contributed by atoms with van der Waals surface area (Å²) in [6, 6.07) is 17.9. The number of nitrogens with one attached hydrogen (secondary N) is 1. The van der Waals surface area contributed by atoms with Crippen LogP contribution in [0.15, 0.2) is 54.6 Å². The number of ether oxygens (including phenoxy) is 1. The van der Waals surface area contributed by atoms with Crippen molar-refractivity contribution >= 4 is 5.69 Å². The van der Waals surface area contributed by atoms with Gasteiger partial charge in [-0.25, -0.2) is 0 Å². The number of methoxy groups -OCH3 is 1. The fourth-order valence-corrected chi connectivity index (χ4v) is 1.69. The average molecular weight is 251 g/mol. The molecule has 0 bridgehead atoms. The van der Waals surface area contributed by atoms with E-state index in [4.69, 9.17) is 4.74 Å². The van der Waals surface area contributed by atoms with E-state index in [0.717, 1.165) is 17.0 Å². The minimum atomic E-state index is 0.0913.